The fourth-order valence-corrected chi connectivity index (χ4v) is 3.66. The van der Waals surface area contributed by atoms with E-state index in [0.717, 1.165) is 25.7 Å². The lowest BCUT2D eigenvalue weighted by Gasteiger charge is -2.72. The van der Waals surface area contributed by atoms with E-state index in [2.05, 4.69) is 6.92 Å². The van der Waals surface area contributed by atoms with Gasteiger partial charge in [0.25, 0.3) is 5.92 Å². The molecule has 3 aliphatic carbocycles. The first-order valence-corrected chi connectivity index (χ1v) is 5.97. The molecule has 0 unspecified atom stereocenters. The van der Waals surface area contributed by atoms with Crippen LogP contribution >= 0.6 is 0 Å². The Balaban J connectivity index is 1.86. The summed E-state index contributed by atoms with van der Waals surface area (Å²) in [6.07, 6.45) is 3.22. The highest BCUT2D eigenvalue weighted by Crippen LogP contribution is 2.81. The van der Waals surface area contributed by atoms with Crippen LogP contribution in [-0.2, 0) is 5.92 Å². The maximum atomic E-state index is 14.3. The molecule has 2 bridgehead atoms. The van der Waals surface area contributed by atoms with Crippen molar-refractivity contribution in [2.24, 2.45) is 10.8 Å². The summed E-state index contributed by atoms with van der Waals surface area (Å²) in [5.41, 5.74) is -0.234. The molecule has 16 heavy (non-hydrogen) atoms. The lowest BCUT2D eigenvalue weighted by atomic mass is 9.32. The molecule has 0 nitrogen and oxygen atoms in total. The average Bonchev–Trinajstić information content (AvgIpc) is 2.15. The normalized spacial score (nSPS) is 36.4. The fraction of sp³-hybridized carbons (Fsp3) is 0.571. The third-order valence-corrected chi connectivity index (χ3v) is 4.69. The standard InChI is InChI=1S/C14H16F2/c1-2-12-8-13(9-12,10-12)14(15,16)11-6-4-3-5-7-11/h3-7H,2,8-10H2,1H3. The Morgan fingerprint density at radius 2 is 1.69 bits per heavy atom. The number of rotatable bonds is 3. The van der Waals surface area contributed by atoms with E-state index in [9.17, 15) is 8.78 Å². The van der Waals surface area contributed by atoms with Gasteiger partial charge in [0.05, 0.1) is 0 Å². The second-order valence-electron chi connectivity index (χ2n) is 5.60. The molecule has 0 saturated heterocycles. The van der Waals surface area contributed by atoms with Crippen LogP contribution in [0.25, 0.3) is 0 Å². The van der Waals surface area contributed by atoms with Gasteiger partial charge in [-0.05, 0) is 24.7 Å². The van der Waals surface area contributed by atoms with Crippen molar-refractivity contribution in [3.05, 3.63) is 35.9 Å². The zero-order valence-electron chi connectivity index (χ0n) is 9.47. The minimum Gasteiger partial charge on any atom is -0.201 e. The first-order valence-electron chi connectivity index (χ1n) is 5.97. The summed E-state index contributed by atoms with van der Waals surface area (Å²) in [4.78, 5) is 0. The fourth-order valence-electron chi connectivity index (χ4n) is 3.66. The zero-order valence-corrected chi connectivity index (χ0v) is 9.47. The zero-order chi connectivity index (χ0) is 11.4. The highest BCUT2D eigenvalue weighted by molar-refractivity contribution is 5.30. The smallest absolute Gasteiger partial charge is 0.201 e. The summed E-state index contributed by atoms with van der Waals surface area (Å²) >= 11 is 0. The molecule has 0 heterocycles. The molecule has 0 aromatic heterocycles. The van der Waals surface area contributed by atoms with E-state index in [1.165, 1.54) is 0 Å². The monoisotopic (exact) mass is 222 g/mol. The van der Waals surface area contributed by atoms with Crippen molar-refractivity contribution in [2.75, 3.05) is 0 Å². The van der Waals surface area contributed by atoms with Crippen LogP contribution in [0.2, 0.25) is 0 Å². The average molecular weight is 222 g/mol. The van der Waals surface area contributed by atoms with E-state index >= 15 is 0 Å². The highest BCUT2D eigenvalue weighted by atomic mass is 19.3. The van der Waals surface area contributed by atoms with Gasteiger partial charge < -0.3 is 0 Å². The molecule has 3 saturated carbocycles. The van der Waals surface area contributed by atoms with E-state index in [-0.39, 0.29) is 11.0 Å². The summed E-state index contributed by atoms with van der Waals surface area (Å²) < 4.78 is 28.7. The minimum absolute atomic E-state index is 0.194. The highest BCUT2D eigenvalue weighted by Gasteiger charge is 2.76. The number of alkyl halides is 2. The van der Waals surface area contributed by atoms with E-state index < -0.39 is 11.3 Å². The number of halogens is 2. The summed E-state index contributed by atoms with van der Waals surface area (Å²) in [7, 11) is 0. The molecular weight excluding hydrogens is 206 g/mol. The lowest BCUT2D eigenvalue weighted by Crippen LogP contribution is -2.67. The first kappa shape index (κ1) is 10.2. The summed E-state index contributed by atoms with van der Waals surface area (Å²) in [6.45, 7) is 2.11. The van der Waals surface area contributed by atoms with E-state index in [1.54, 1.807) is 30.3 Å². The van der Waals surface area contributed by atoms with Crippen LogP contribution in [0, 0.1) is 10.8 Å². The van der Waals surface area contributed by atoms with Crippen LogP contribution in [0.15, 0.2) is 30.3 Å². The Morgan fingerprint density at radius 1 is 1.12 bits per heavy atom. The van der Waals surface area contributed by atoms with Crippen molar-refractivity contribution in [3.8, 4) is 0 Å². The van der Waals surface area contributed by atoms with E-state index in [4.69, 9.17) is 0 Å². The number of hydrogen-bond acceptors (Lipinski definition) is 0. The Hall–Kier alpha value is -0.920. The molecule has 4 rings (SSSR count). The van der Waals surface area contributed by atoms with Crippen LogP contribution < -0.4 is 0 Å². The third-order valence-electron chi connectivity index (χ3n) is 4.69. The Kier molecular flexibility index (Phi) is 1.82. The molecular formula is C14H16F2. The van der Waals surface area contributed by atoms with Crippen LogP contribution in [0.3, 0.4) is 0 Å². The number of hydrogen-bond donors (Lipinski definition) is 0. The summed E-state index contributed by atoms with van der Waals surface area (Å²) in [6, 6.07) is 8.29. The predicted octanol–water partition coefficient (Wildman–Crippen LogP) is 4.36. The van der Waals surface area contributed by atoms with E-state index in [0.29, 0.717) is 0 Å². The molecule has 0 spiro atoms. The van der Waals surface area contributed by atoms with Crippen LogP contribution in [0.5, 0.6) is 0 Å². The molecule has 3 fully saturated rings. The topological polar surface area (TPSA) is 0 Å². The summed E-state index contributed by atoms with van der Waals surface area (Å²) in [5, 5.41) is 0. The van der Waals surface area contributed by atoms with Gasteiger partial charge >= 0.3 is 0 Å². The predicted molar refractivity (Wildman–Crippen MR) is 59.3 cm³/mol. The van der Waals surface area contributed by atoms with Crippen LogP contribution in [-0.4, -0.2) is 0 Å². The van der Waals surface area contributed by atoms with Crippen molar-refractivity contribution in [2.45, 2.75) is 38.5 Å². The second-order valence-corrected chi connectivity index (χ2v) is 5.60. The molecule has 1 aromatic rings. The molecule has 3 aliphatic rings. The van der Waals surface area contributed by atoms with Gasteiger partial charge in [-0.1, -0.05) is 43.7 Å². The third kappa shape index (κ3) is 1.03. The van der Waals surface area contributed by atoms with Gasteiger partial charge in [0, 0.05) is 11.0 Å². The van der Waals surface area contributed by atoms with Gasteiger partial charge in [-0.15, -0.1) is 0 Å². The minimum atomic E-state index is -2.63. The largest absolute Gasteiger partial charge is 0.278 e. The van der Waals surface area contributed by atoms with Gasteiger partial charge in [-0.3, -0.25) is 0 Å². The lowest BCUT2D eigenvalue weighted by molar-refractivity contribution is -0.322. The van der Waals surface area contributed by atoms with Crippen molar-refractivity contribution in [1.82, 2.24) is 0 Å². The molecule has 0 amide bonds. The number of benzene rings is 1. The van der Waals surface area contributed by atoms with Crippen molar-refractivity contribution in [1.29, 1.82) is 0 Å². The molecule has 1 aromatic carbocycles. The second kappa shape index (κ2) is 2.85. The van der Waals surface area contributed by atoms with Gasteiger partial charge in [0.15, 0.2) is 0 Å². The Labute approximate surface area is 94.7 Å². The van der Waals surface area contributed by atoms with Crippen molar-refractivity contribution < 1.29 is 8.78 Å². The Morgan fingerprint density at radius 3 is 2.19 bits per heavy atom. The van der Waals surface area contributed by atoms with Gasteiger partial charge in [0.2, 0.25) is 0 Å². The first-order chi connectivity index (χ1) is 7.54. The molecule has 2 heteroatoms. The van der Waals surface area contributed by atoms with E-state index in [1.807, 2.05) is 0 Å². The van der Waals surface area contributed by atoms with Crippen LogP contribution in [0.1, 0.15) is 38.2 Å². The quantitative estimate of drug-likeness (QED) is 0.712. The van der Waals surface area contributed by atoms with Gasteiger partial charge in [-0.2, -0.15) is 0 Å². The van der Waals surface area contributed by atoms with Gasteiger partial charge in [-0.25, -0.2) is 8.78 Å². The molecule has 86 valence electrons. The molecule has 0 aliphatic heterocycles. The van der Waals surface area contributed by atoms with Crippen molar-refractivity contribution >= 4 is 0 Å². The Bertz CT molecular complexity index is 388. The SMILES string of the molecule is CCC12CC(C(F)(F)c3ccccc3)(C1)C2. The maximum Gasteiger partial charge on any atom is 0.278 e. The van der Waals surface area contributed by atoms with Gasteiger partial charge in [0.1, 0.15) is 0 Å². The van der Waals surface area contributed by atoms with Crippen LogP contribution in [0.4, 0.5) is 8.78 Å². The maximum absolute atomic E-state index is 14.3. The summed E-state index contributed by atoms with van der Waals surface area (Å²) in [5.74, 6) is -2.63. The molecule has 0 radical (unpaired) electrons. The molecule has 0 N–H and O–H groups in total. The molecule has 0 atom stereocenters. The van der Waals surface area contributed by atoms with Crippen molar-refractivity contribution in [3.63, 3.8) is 0 Å².